The van der Waals surface area contributed by atoms with Gasteiger partial charge in [-0.05, 0) is 58.5 Å². The number of aryl methyl sites for hydroxylation is 2. The van der Waals surface area contributed by atoms with Gasteiger partial charge in [-0.25, -0.2) is 4.79 Å². The van der Waals surface area contributed by atoms with E-state index in [1.54, 1.807) is 4.90 Å². The Kier molecular flexibility index (Phi) is 4.48. The summed E-state index contributed by atoms with van der Waals surface area (Å²) in [5, 5.41) is 0. The Morgan fingerprint density at radius 2 is 2.05 bits per heavy atom. The second-order valence-electron chi connectivity index (χ2n) is 5.55. The first-order valence-electron chi connectivity index (χ1n) is 7.42. The van der Waals surface area contributed by atoms with E-state index in [1.165, 1.54) is 11.1 Å². The van der Waals surface area contributed by atoms with Gasteiger partial charge in [0.2, 0.25) is 0 Å². The van der Waals surface area contributed by atoms with Gasteiger partial charge in [0.25, 0.3) is 0 Å². The summed E-state index contributed by atoms with van der Waals surface area (Å²) in [7, 11) is 0. The van der Waals surface area contributed by atoms with E-state index in [9.17, 15) is 4.79 Å². The second-order valence-corrected chi connectivity index (χ2v) is 6.40. The monoisotopic (exact) mass is 359 g/mol. The van der Waals surface area contributed by atoms with Crippen molar-refractivity contribution in [1.82, 2.24) is 0 Å². The molecule has 114 valence electrons. The molecule has 0 N–H and O–H groups in total. The molecule has 0 saturated carbocycles. The van der Waals surface area contributed by atoms with Crippen LogP contribution in [0.5, 0.6) is 0 Å². The Bertz CT molecular complexity index is 685. The first-order chi connectivity index (χ1) is 10.6. The fourth-order valence-electron chi connectivity index (χ4n) is 2.82. The van der Waals surface area contributed by atoms with Gasteiger partial charge in [0, 0.05) is 11.0 Å². The number of anilines is 1. The minimum absolute atomic E-state index is 0.283. The van der Waals surface area contributed by atoms with Gasteiger partial charge >= 0.3 is 6.09 Å². The third kappa shape index (κ3) is 3.17. The first kappa shape index (κ1) is 15.1. The highest BCUT2D eigenvalue weighted by Gasteiger charge is 2.26. The van der Waals surface area contributed by atoms with Crippen molar-refractivity contribution < 1.29 is 9.53 Å². The molecular formula is C18H18BrNO2. The molecule has 0 aromatic heterocycles. The maximum atomic E-state index is 12.5. The van der Waals surface area contributed by atoms with Crippen molar-refractivity contribution in [3.63, 3.8) is 0 Å². The summed E-state index contributed by atoms with van der Waals surface area (Å²) in [6.45, 7) is 3.06. The van der Waals surface area contributed by atoms with Crippen LogP contribution in [0.4, 0.5) is 10.5 Å². The normalized spacial score (nSPS) is 13.6. The highest BCUT2D eigenvalue weighted by atomic mass is 79.9. The molecule has 1 aliphatic heterocycles. The number of amides is 1. The molecule has 3 rings (SSSR count). The molecule has 0 bridgehead atoms. The highest BCUT2D eigenvalue weighted by Crippen LogP contribution is 2.36. The van der Waals surface area contributed by atoms with E-state index in [0.717, 1.165) is 28.6 Å². The van der Waals surface area contributed by atoms with Crippen molar-refractivity contribution in [3.8, 4) is 0 Å². The number of halogens is 1. The van der Waals surface area contributed by atoms with Crippen LogP contribution in [0.1, 0.15) is 23.1 Å². The number of hydrogen-bond acceptors (Lipinski definition) is 2. The molecule has 0 spiro atoms. The number of rotatable bonds is 2. The minimum Gasteiger partial charge on any atom is -0.444 e. The van der Waals surface area contributed by atoms with Crippen LogP contribution in [0.3, 0.4) is 0 Å². The van der Waals surface area contributed by atoms with Crippen LogP contribution in [0.25, 0.3) is 0 Å². The Balaban J connectivity index is 1.77. The Morgan fingerprint density at radius 3 is 2.82 bits per heavy atom. The lowest BCUT2D eigenvalue weighted by molar-refractivity contribution is 0.146. The number of benzene rings is 2. The summed E-state index contributed by atoms with van der Waals surface area (Å²) >= 11 is 3.59. The molecule has 2 aromatic rings. The van der Waals surface area contributed by atoms with Crippen molar-refractivity contribution in [3.05, 3.63) is 63.6 Å². The van der Waals surface area contributed by atoms with Gasteiger partial charge in [-0.15, -0.1) is 0 Å². The molecule has 1 amide bonds. The molecule has 2 aromatic carbocycles. The third-order valence-corrected chi connectivity index (χ3v) is 4.41. The van der Waals surface area contributed by atoms with Gasteiger partial charge in [0.15, 0.2) is 0 Å². The molecule has 0 saturated heterocycles. The number of fused-ring (bicyclic) bond motifs is 1. The lowest BCUT2D eigenvalue weighted by atomic mass is 10.00. The van der Waals surface area contributed by atoms with Crippen molar-refractivity contribution in [1.29, 1.82) is 0 Å². The van der Waals surface area contributed by atoms with Gasteiger partial charge in [-0.2, -0.15) is 0 Å². The van der Waals surface area contributed by atoms with E-state index in [0.29, 0.717) is 13.2 Å². The quantitative estimate of drug-likeness (QED) is 0.767. The zero-order valence-electron chi connectivity index (χ0n) is 12.5. The Hall–Kier alpha value is -1.81. The van der Waals surface area contributed by atoms with Crippen LogP contribution in [0.2, 0.25) is 0 Å². The van der Waals surface area contributed by atoms with Crippen LogP contribution in [-0.4, -0.2) is 12.6 Å². The van der Waals surface area contributed by atoms with E-state index in [4.69, 9.17) is 4.74 Å². The molecule has 0 radical (unpaired) electrons. The summed E-state index contributed by atoms with van der Waals surface area (Å²) in [6, 6.07) is 13.9. The number of nitrogens with zero attached hydrogens (tertiary/aromatic N) is 1. The summed E-state index contributed by atoms with van der Waals surface area (Å²) < 4.78 is 6.43. The molecule has 0 atom stereocenters. The molecular weight excluding hydrogens is 342 g/mol. The zero-order chi connectivity index (χ0) is 15.5. The number of carbonyl (C=O) groups is 1. The molecule has 1 heterocycles. The van der Waals surface area contributed by atoms with Crippen LogP contribution in [0, 0.1) is 6.92 Å². The van der Waals surface area contributed by atoms with Gasteiger partial charge in [-0.3, -0.25) is 4.90 Å². The summed E-state index contributed by atoms with van der Waals surface area (Å²) in [6.07, 6.45) is 1.68. The lowest BCUT2D eigenvalue weighted by Gasteiger charge is -2.30. The van der Waals surface area contributed by atoms with Crippen LogP contribution >= 0.6 is 15.9 Å². The SMILES string of the molecule is Cc1cc(Br)c2c(c1)CCCN2C(=O)OCc1ccccc1. The fraction of sp³-hybridized carbons (Fsp3) is 0.278. The molecule has 22 heavy (non-hydrogen) atoms. The van der Waals surface area contributed by atoms with Crippen LogP contribution in [0.15, 0.2) is 46.9 Å². The first-order valence-corrected chi connectivity index (χ1v) is 8.21. The van der Waals surface area contributed by atoms with Gasteiger partial charge < -0.3 is 4.74 Å². The Morgan fingerprint density at radius 1 is 1.27 bits per heavy atom. The third-order valence-electron chi connectivity index (χ3n) is 3.81. The smallest absolute Gasteiger partial charge is 0.414 e. The minimum atomic E-state index is -0.283. The van der Waals surface area contributed by atoms with Gasteiger partial charge in [0.1, 0.15) is 6.61 Å². The van der Waals surface area contributed by atoms with E-state index in [2.05, 4.69) is 28.9 Å². The molecule has 0 aliphatic carbocycles. The number of hydrogen-bond donors (Lipinski definition) is 0. The number of carbonyl (C=O) groups excluding carboxylic acids is 1. The lowest BCUT2D eigenvalue weighted by Crippen LogP contribution is -2.36. The maximum Gasteiger partial charge on any atom is 0.414 e. The van der Waals surface area contributed by atoms with Crippen molar-refractivity contribution in [2.75, 3.05) is 11.4 Å². The summed E-state index contributed by atoms with van der Waals surface area (Å²) in [5.41, 5.74) is 4.35. The van der Waals surface area contributed by atoms with E-state index in [1.807, 2.05) is 36.4 Å². The van der Waals surface area contributed by atoms with Gasteiger partial charge in [0.05, 0.1) is 5.69 Å². The molecule has 3 nitrogen and oxygen atoms in total. The van der Waals surface area contributed by atoms with Crippen molar-refractivity contribution in [2.24, 2.45) is 0 Å². The van der Waals surface area contributed by atoms with Gasteiger partial charge in [-0.1, -0.05) is 36.4 Å². The Labute approximate surface area is 139 Å². The summed E-state index contributed by atoms with van der Waals surface area (Å²) in [5.74, 6) is 0. The van der Waals surface area contributed by atoms with Crippen LogP contribution < -0.4 is 4.90 Å². The standard InChI is InChI=1S/C18H18BrNO2/c1-13-10-15-8-5-9-20(17(15)16(19)11-13)18(21)22-12-14-6-3-2-4-7-14/h2-4,6-7,10-11H,5,8-9,12H2,1H3. The average Bonchev–Trinajstić information content (AvgIpc) is 2.52. The number of ether oxygens (including phenoxy) is 1. The second kappa shape index (κ2) is 6.53. The van der Waals surface area contributed by atoms with E-state index in [-0.39, 0.29) is 6.09 Å². The molecule has 1 aliphatic rings. The predicted octanol–water partition coefficient (Wildman–Crippen LogP) is 4.85. The van der Waals surface area contributed by atoms with Crippen LogP contribution in [-0.2, 0) is 17.8 Å². The van der Waals surface area contributed by atoms with Crippen molar-refractivity contribution in [2.45, 2.75) is 26.4 Å². The van der Waals surface area contributed by atoms with Crippen molar-refractivity contribution >= 4 is 27.7 Å². The maximum absolute atomic E-state index is 12.5. The average molecular weight is 360 g/mol. The fourth-order valence-corrected chi connectivity index (χ4v) is 3.65. The largest absolute Gasteiger partial charge is 0.444 e. The summed E-state index contributed by atoms with van der Waals surface area (Å²) in [4.78, 5) is 14.2. The predicted molar refractivity (Wildman–Crippen MR) is 91.2 cm³/mol. The zero-order valence-corrected chi connectivity index (χ0v) is 14.1. The molecule has 4 heteroatoms. The molecule has 0 fully saturated rings. The molecule has 0 unspecified atom stereocenters. The van der Waals surface area contributed by atoms with E-state index < -0.39 is 0 Å². The highest BCUT2D eigenvalue weighted by molar-refractivity contribution is 9.10. The van der Waals surface area contributed by atoms with E-state index >= 15 is 0 Å². The topological polar surface area (TPSA) is 29.5 Å².